The van der Waals surface area contributed by atoms with Crippen LogP contribution in [0.5, 0.6) is 0 Å². The third-order valence-electron chi connectivity index (χ3n) is 13.0. The van der Waals surface area contributed by atoms with Gasteiger partial charge in [0.15, 0.2) is 5.96 Å². The number of guanidine groups is 1. The van der Waals surface area contributed by atoms with Crippen LogP contribution < -0.4 is 11.1 Å². The Morgan fingerprint density at radius 2 is 1.05 bits per heavy atom. The van der Waals surface area contributed by atoms with Gasteiger partial charge in [-0.05, 0) is 76.5 Å². The maximum Gasteiger partial charge on any atom is 0.397 e. The van der Waals surface area contributed by atoms with Gasteiger partial charge in [-0.1, -0.05) is 175 Å². The molecule has 15 atom stereocenters. The van der Waals surface area contributed by atoms with Gasteiger partial charge in [0.25, 0.3) is 0 Å². The number of nitrogens with zero attached hydrogens (tertiary/aromatic N) is 1. The fraction of sp³-hybridized carbons (Fsp3) is 0.619. The number of hydrogen-bond acceptors (Lipinski definition) is 16. The molecule has 19 nitrogen and oxygen atoms in total. The number of aliphatic hydroxyl groups is 11. The minimum absolute atomic E-state index is 0.00934. The van der Waals surface area contributed by atoms with Gasteiger partial charge in [0.2, 0.25) is 0 Å². The van der Waals surface area contributed by atoms with Crippen LogP contribution in [0.1, 0.15) is 138 Å². The first-order chi connectivity index (χ1) is 39.0. The van der Waals surface area contributed by atoms with Gasteiger partial charge in [-0.15, -0.1) is 0 Å². The molecular formula is C63H105N3O16S. The van der Waals surface area contributed by atoms with Gasteiger partial charge in [-0.2, -0.15) is 8.42 Å². The molecule has 0 rings (SSSR count). The average Bonchev–Trinajstić information content (AvgIpc) is 3.39. The van der Waals surface area contributed by atoms with Gasteiger partial charge >= 0.3 is 10.4 Å². The molecule has 0 aromatic carbocycles. The summed E-state index contributed by atoms with van der Waals surface area (Å²) in [5, 5.41) is 118. The summed E-state index contributed by atoms with van der Waals surface area (Å²) in [6.45, 7) is 14.4. The first-order valence-electron chi connectivity index (χ1n) is 29.0. The van der Waals surface area contributed by atoms with Gasteiger partial charge < -0.3 is 67.2 Å². The smallest absolute Gasteiger partial charge is 0.393 e. The lowest BCUT2D eigenvalue weighted by molar-refractivity contribution is -0.127. The first kappa shape index (κ1) is 78.5. The number of hydrogen-bond donors (Lipinski definition) is 14. The predicted octanol–water partition coefficient (Wildman–Crippen LogP) is 6.17. The summed E-state index contributed by atoms with van der Waals surface area (Å²) in [5.74, 6) is -1.77. The molecule has 0 heterocycles. The van der Waals surface area contributed by atoms with E-state index in [9.17, 15) is 73.9 Å². The van der Waals surface area contributed by atoms with Crippen LogP contribution in [0.3, 0.4) is 0 Å². The van der Waals surface area contributed by atoms with Crippen molar-refractivity contribution in [2.24, 2.45) is 33.9 Å². The number of aliphatic hydroxyl groups excluding tert-OH is 11. The monoisotopic (exact) mass is 1190 g/mol. The molecule has 0 saturated carbocycles. The standard InChI is InChI=1S/C63H105N3O16S/c1-8-9-10-18-21-28-46(2)61(78)48(4)58(76)36-22-19-16-14-12-11-13-15-17-20-23-37-60(82-83(79,80)81)47(3)59(77)44-57(75)43-54(72)34-26-33-53(71)42-56(74)41-52(70)32-25-31-50(68)39-49(67)29-24-30-51(69)40-55(73)35-27-38-65-62(64)66-45-63(5,6)7/h8-9,11-17,19-26,28-29,32,34,36,46-58,60-61,67-76,78H,10,18,27,30-31,33,35,37-45H2,1-7H3,(H3,64,65,66)(H,79,80,81)/b9-8+,13-11+,14-12+,17-15+,19-16+,23-20+,28-21+,29-24+,32-25+,34-26+,36-22+. The van der Waals surface area contributed by atoms with Crippen molar-refractivity contribution in [1.29, 1.82) is 0 Å². The quantitative estimate of drug-likeness (QED) is 0.00809. The highest BCUT2D eigenvalue weighted by atomic mass is 32.3. The zero-order valence-electron chi connectivity index (χ0n) is 50.1. The van der Waals surface area contributed by atoms with Crippen molar-refractivity contribution in [2.75, 3.05) is 13.1 Å². The summed E-state index contributed by atoms with van der Waals surface area (Å²) >= 11 is 0. The molecule has 0 aliphatic carbocycles. The number of Topliss-reactive ketones (excluding diaryl/α,β-unsaturated/α-hetero) is 1. The van der Waals surface area contributed by atoms with Crippen LogP contribution in [0.15, 0.2) is 139 Å². The molecule has 83 heavy (non-hydrogen) atoms. The van der Waals surface area contributed by atoms with Gasteiger partial charge in [0.1, 0.15) is 5.78 Å². The summed E-state index contributed by atoms with van der Waals surface area (Å²) in [7, 11) is -4.94. The van der Waals surface area contributed by atoms with Crippen LogP contribution in [-0.2, 0) is 19.4 Å². The van der Waals surface area contributed by atoms with E-state index in [-0.39, 0.29) is 75.0 Å². The summed E-state index contributed by atoms with van der Waals surface area (Å²) < 4.78 is 37.4. The number of rotatable bonds is 45. The van der Waals surface area contributed by atoms with E-state index in [1.54, 1.807) is 85.9 Å². The molecule has 0 aromatic heterocycles. The van der Waals surface area contributed by atoms with E-state index in [1.807, 2.05) is 32.1 Å². The number of carbonyl (C=O) groups is 1. The van der Waals surface area contributed by atoms with Crippen molar-refractivity contribution in [3.05, 3.63) is 134 Å². The van der Waals surface area contributed by atoms with Crippen LogP contribution in [0.4, 0.5) is 0 Å². The van der Waals surface area contributed by atoms with Crippen molar-refractivity contribution < 1.29 is 78.1 Å². The lowest BCUT2D eigenvalue weighted by Crippen LogP contribution is -2.33. The number of carbonyl (C=O) groups excluding carboxylic acids is 1. The Morgan fingerprint density at radius 1 is 0.578 bits per heavy atom. The van der Waals surface area contributed by atoms with Crippen LogP contribution in [-0.4, -0.2) is 167 Å². The van der Waals surface area contributed by atoms with E-state index in [0.29, 0.717) is 31.9 Å². The number of ketones is 1. The second-order valence-corrected chi connectivity index (χ2v) is 23.6. The highest BCUT2D eigenvalue weighted by molar-refractivity contribution is 7.80. The van der Waals surface area contributed by atoms with Crippen LogP contribution in [0, 0.1) is 23.2 Å². The van der Waals surface area contributed by atoms with Crippen LogP contribution >= 0.6 is 0 Å². The molecule has 0 bridgehead atoms. The summed E-state index contributed by atoms with van der Waals surface area (Å²) in [4.78, 5) is 17.3. The Balaban J connectivity index is 4.74. The summed E-state index contributed by atoms with van der Waals surface area (Å²) in [6.07, 6.45) is 27.5. The molecule has 20 heteroatoms. The average molecular weight is 1190 g/mol. The molecule has 15 N–H and O–H groups in total. The molecule has 0 radical (unpaired) electrons. The second-order valence-electron chi connectivity index (χ2n) is 22.5. The van der Waals surface area contributed by atoms with Crippen molar-refractivity contribution in [3.8, 4) is 0 Å². The third kappa shape index (κ3) is 45.5. The highest BCUT2D eigenvalue weighted by Gasteiger charge is 2.30. The fourth-order valence-electron chi connectivity index (χ4n) is 8.13. The molecule has 0 fully saturated rings. The predicted molar refractivity (Wildman–Crippen MR) is 330 cm³/mol. The topological polar surface area (TPSA) is 354 Å². The van der Waals surface area contributed by atoms with Crippen molar-refractivity contribution in [2.45, 2.75) is 212 Å². The highest BCUT2D eigenvalue weighted by Crippen LogP contribution is 2.22. The van der Waals surface area contributed by atoms with Gasteiger partial charge in [-0.25, -0.2) is 4.18 Å². The maximum atomic E-state index is 13.1. The molecule has 15 unspecified atom stereocenters. The Morgan fingerprint density at radius 3 is 1.57 bits per heavy atom. The van der Waals surface area contributed by atoms with E-state index in [2.05, 4.69) is 37.2 Å². The summed E-state index contributed by atoms with van der Waals surface area (Å²) in [5.41, 5.74) is 5.89. The number of unbranched alkanes of at least 4 members (excludes halogenated alkanes) is 1. The molecule has 474 valence electrons. The molecule has 0 aliphatic rings. The Kier molecular flexibility index (Phi) is 43.3. The van der Waals surface area contributed by atoms with E-state index < -0.39 is 102 Å². The van der Waals surface area contributed by atoms with E-state index >= 15 is 0 Å². The largest absolute Gasteiger partial charge is 0.397 e. The van der Waals surface area contributed by atoms with Gasteiger partial charge in [0, 0.05) is 56.5 Å². The molecule has 0 saturated heterocycles. The van der Waals surface area contributed by atoms with Crippen molar-refractivity contribution >= 4 is 22.1 Å². The normalized spacial score (nSPS) is 19.3. The molecule has 0 aromatic rings. The molecule has 0 aliphatic heterocycles. The van der Waals surface area contributed by atoms with Gasteiger partial charge in [-0.3, -0.25) is 14.3 Å². The van der Waals surface area contributed by atoms with E-state index in [4.69, 9.17) is 9.92 Å². The second kappa shape index (κ2) is 45.8. The third-order valence-corrected chi connectivity index (χ3v) is 13.5. The molecule has 0 spiro atoms. The van der Waals surface area contributed by atoms with E-state index in [1.165, 1.54) is 37.3 Å². The number of aliphatic imine (C=N–C) groups is 1. The Labute approximate surface area is 495 Å². The van der Waals surface area contributed by atoms with Crippen LogP contribution in [0.2, 0.25) is 0 Å². The Bertz CT molecular complexity index is 2220. The minimum atomic E-state index is -4.94. The molecule has 0 amide bonds. The summed E-state index contributed by atoms with van der Waals surface area (Å²) in [6, 6.07) is 0. The SMILES string of the molecule is C/C=C/CC/C=C/C(C)C(O)C(C)C(O)/C=C/C=C/C=C/C=C/C=C/C=C/CC(OS(=O)(=O)O)C(C)C(=O)CC(O)CC(O)/C=C/CC(O)CC(O)CC(O)/C=C/CC(O)CC(O)/C=C/CC(O)CC(O)CCCNC(N)=NCC(C)(C)C. The Hall–Kier alpha value is -4.49. The lowest BCUT2D eigenvalue weighted by Gasteiger charge is -2.25. The molecular weight excluding hydrogens is 1090 g/mol. The van der Waals surface area contributed by atoms with Gasteiger partial charge in [0.05, 0.1) is 73.2 Å². The van der Waals surface area contributed by atoms with Crippen molar-refractivity contribution in [3.63, 3.8) is 0 Å². The number of allylic oxidation sites excluding steroid dienone is 13. The minimum Gasteiger partial charge on any atom is -0.393 e. The number of nitrogens with two attached hydrogens (primary N) is 1. The fourth-order valence-corrected chi connectivity index (χ4v) is 8.69. The van der Waals surface area contributed by atoms with E-state index in [0.717, 1.165) is 12.8 Å². The zero-order chi connectivity index (χ0) is 62.8. The maximum absolute atomic E-state index is 13.1. The van der Waals surface area contributed by atoms with Crippen molar-refractivity contribution in [1.82, 2.24) is 5.32 Å². The lowest BCUT2D eigenvalue weighted by atomic mass is 9.88. The van der Waals surface area contributed by atoms with Crippen LogP contribution in [0.25, 0.3) is 0 Å². The zero-order valence-corrected chi connectivity index (χ0v) is 50.9. The first-order valence-corrected chi connectivity index (χ1v) is 30.4. The number of nitrogens with one attached hydrogen (secondary N) is 1.